The Bertz CT molecular complexity index is 548. The van der Waals surface area contributed by atoms with Crippen molar-refractivity contribution >= 4 is 28.4 Å². The molecule has 0 aliphatic carbocycles. The molecule has 0 unspecified atom stereocenters. The summed E-state index contributed by atoms with van der Waals surface area (Å²) in [4.78, 5) is 16.3. The van der Waals surface area contributed by atoms with Gasteiger partial charge in [0, 0.05) is 18.8 Å². The lowest BCUT2D eigenvalue weighted by atomic mass is 10.2. The first-order valence-electron chi connectivity index (χ1n) is 6.28. The lowest BCUT2D eigenvalue weighted by Gasteiger charge is -2.05. The second-order valence-corrected chi connectivity index (χ2v) is 4.65. The van der Waals surface area contributed by atoms with Gasteiger partial charge in [-0.25, -0.2) is 4.98 Å². The molecule has 0 N–H and O–H groups in total. The maximum absolute atomic E-state index is 11.8. The van der Waals surface area contributed by atoms with Crippen molar-refractivity contribution in [2.45, 2.75) is 32.7 Å². The highest BCUT2D eigenvalue weighted by molar-refractivity contribution is 6.17. The van der Waals surface area contributed by atoms with Crippen molar-refractivity contribution < 1.29 is 4.79 Å². The largest absolute Gasteiger partial charge is 0.328 e. The number of rotatable bonds is 6. The average molecular weight is 265 g/mol. The number of hydrogen-bond donors (Lipinski definition) is 0. The number of alkyl halides is 1. The lowest BCUT2D eigenvalue weighted by Crippen LogP contribution is -2.09. The SMILES string of the molecule is CCn1c(CC(=O)CCCCl)nc2ccccc21. The fourth-order valence-electron chi connectivity index (χ4n) is 2.14. The molecule has 18 heavy (non-hydrogen) atoms. The molecule has 2 aromatic rings. The average Bonchev–Trinajstić information content (AvgIpc) is 2.73. The molecule has 0 saturated carbocycles. The van der Waals surface area contributed by atoms with Gasteiger partial charge < -0.3 is 4.57 Å². The highest BCUT2D eigenvalue weighted by Gasteiger charge is 2.12. The monoisotopic (exact) mass is 264 g/mol. The molecule has 0 aliphatic heterocycles. The van der Waals surface area contributed by atoms with Crippen LogP contribution in [0, 0.1) is 0 Å². The predicted molar refractivity (Wildman–Crippen MR) is 74.1 cm³/mol. The van der Waals surface area contributed by atoms with E-state index in [1.807, 2.05) is 24.3 Å². The molecular formula is C14H17ClN2O. The molecule has 0 aliphatic rings. The van der Waals surface area contributed by atoms with Crippen LogP contribution in [-0.2, 0) is 17.8 Å². The van der Waals surface area contributed by atoms with E-state index in [2.05, 4.69) is 16.5 Å². The van der Waals surface area contributed by atoms with Crippen LogP contribution in [0.15, 0.2) is 24.3 Å². The van der Waals surface area contributed by atoms with Crippen LogP contribution in [0.2, 0.25) is 0 Å². The van der Waals surface area contributed by atoms with Crippen molar-refractivity contribution in [3.8, 4) is 0 Å². The van der Waals surface area contributed by atoms with Crippen LogP contribution < -0.4 is 0 Å². The number of halogens is 1. The van der Waals surface area contributed by atoms with Crippen LogP contribution in [0.5, 0.6) is 0 Å². The van der Waals surface area contributed by atoms with Crippen LogP contribution in [-0.4, -0.2) is 21.2 Å². The Kier molecular flexibility index (Phi) is 4.37. The molecule has 3 nitrogen and oxygen atoms in total. The van der Waals surface area contributed by atoms with E-state index < -0.39 is 0 Å². The van der Waals surface area contributed by atoms with Gasteiger partial charge in [0.1, 0.15) is 11.6 Å². The Balaban J connectivity index is 2.24. The van der Waals surface area contributed by atoms with Crippen molar-refractivity contribution in [2.75, 3.05) is 5.88 Å². The van der Waals surface area contributed by atoms with Crippen molar-refractivity contribution in [3.63, 3.8) is 0 Å². The number of fused-ring (bicyclic) bond motifs is 1. The Hall–Kier alpha value is -1.35. The van der Waals surface area contributed by atoms with Gasteiger partial charge in [0.15, 0.2) is 0 Å². The molecule has 0 saturated heterocycles. The van der Waals surface area contributed by atoms with Crippen LogP contribution in [0.1, 0.15) is 25.6 Å². The molecule has 0 fully saturated rings. The first-order chi connectivity index (χ1) is 8.76. The van der Waals surface area contributed by atoms with E-state index in [0.717, 1.165) is 29.8 Å². The molecule has 1 aromatic carbocycles. The number of Topliss-reactive ketones (excluding diaryl/α,β-unsaturated/α-hetero) is 1. The highest BCUT2D eigenvalue weighted by Crippen LogP contribution is 2.16. The topological polar surface area (TPSA) is 34.9 Å². The minimum atomic E-state index is 0.209. The maximum atomic E-state index is 11.8. The van der Waals surface area contributed by atoms with Crippen molar-refractivity contribution in [1.29, 1.82) is 0 Å². The predicted octanol–water partition coefficient (Wildman–Crippen LogP) is 3.19. The summed E-state index contributed by atoms with van der Waals surface area (Å²) in [5, 5.41) is 0. The van der Waals surface area contributed by atoms with Crippen molar-refractivity contribution in [3.05, 3.63) is 30.1 Å². The number of imidazole rings is 1. The smallest absolute Gasteiger partial charge is 0.140 e. The molecule has 0 spiro atoms. The van der Waals surface area contributed by atoms with E-state index in [9.17, 15) is 4.79 Å². The number of carbonyl (C=O) groups excluding carboxylic acids is 1. The second-order valence-electron chi connectivity index (χ2n) is 4.27. The van der Waals surface area contributed by atoms with Gasteiger partial charge in [0.25, 0.3) is 0 Å². The molecule has 1 aromatic heterocycles. The third-order valence-electron chi connectivity index (χ3n) is 2.99. The van der Waals surface area contributed by atoms with Crippen molar-refractivity contribution in [1.82, 2.24) is 9.55 Å². The van der Waals surface area contributed by atoms with Crippen LogP contribution in [0.3, 0.4) is 0 Å². The standard InChI is InChI=1S/C14H17ClN2O/c1-2-17-13-8-4-3-7-12(13)16-14(17)10-11(18)6-5-9-15/h3-4,7-8H,2,5-6,9-10H2,1H3. The first-order valence-corrected chi connectivity index (χ1v) is 6.81. The molecule has 4 heteroatoms. The van der Waals surface area contributed by atoms with Gasteiger partial charge in [-0.3, -0.25) is 4.79 Å². The number of para-hydroxylation sites is 2. The molecule has 2 rings (SSSR count). The third-order valence-corrected chi connectivity index (χ3v) is 3.26. The Morgan fingerprint density at radius 3 is 2.89 bits per heavy atom. The van der Waals surface area contributed by atoms with E-state index in [-0.39, 0.29) is 5.78 Å². The summed E-state index contributed by atoms with van der Waals surface area (Å²) in [6, 6.07) is 7.98. The summed E-state index contributed by atoms with van der Waals surface area (Å²) in [5.41, 5.74) is 2.06. The second kappa shape index (κ2) is 6.01. The molecule has 0 atom stereocenters. The molecule has 1 heterocycles. The minimum Gasteiger partial charge on any atom is -0.328 e. The lowest BCUT2D eigenvalue weighted by molar-refractivity contribution is -0.118. The zero-order valence-electron chi connectivity index (χ0n) is 10.5. The van der Waals surface area contributed by atoms with Crippen LogP contribution >= 0.6 is 11.6 Å². The maximum Gasteiger partial charge on any atom is 0.140 e. The Morgan fingerprint density at radius 2 is 2.17 bits per heavy atom. The Morgan fingerprint density at radius 1 is 1.39 bits per heavy atom. The highest BCUT2D eigenvalue weighted by atomic mass is 35.5. The quantitative estimate of drug-likeness (QED) is 0.751. The third kappa shape index (κ3) is 2.72. The summed E-state index contributed by atoms with van der Waals surface area (Å²) in [6.45, 7) is 2.90. The summed E-state index contributed by atoms with van der Waals surface area (Å²) < 4.78 is 2.11. The van der Waals surface area contributed by atoms with Crippen LogP contribution in [0.4, 0.5) is 0 Å². The first kappa shape index (κ1) is 13.1. The number of aromatic nitrogens is 2. The number of hydrogen-bond acceptors (Lipinski definition) is 2. The fraction of sp³-hybridized carbons (Fsp3) is 0.429. The normalized spacial score (nSPS) is 11.0. The summed E-state index contributed by atoms with van der Waals surface area (Å²) in [6.07, 6.45) is 1.68. The van der Waals surface area contributed by atoms with Gasteiger partial charge in [-0.2, -0.15) is 0 Å². The number of carbonyl (C=O) groups is 1. The zero-order valence-corrected chi connectivity index (χ0v) is 11.3. The van der Waals surface area contributed by atoms with E-state index in [1.54, 1.807) is 0 Å². The van der Waals surface area contributed by atoms with Gasteiger partial charge in [0.2, 0.25) is 0 Å². The number of benzene rings is 1. The van der Waals surface area contributed by atoms with Gasteiger partial charge in [-0.05, 0) is 25.5 Å². The van der Waals surface area contributed by atoms with Crippen molar-refractivity contribution in [2.24, 2.45) is 0 Å². The summed E-state index contributed by atoms with van der Waals surface area (Å²) in [5.74, 6) is 1.61. The van der Waals surface area contributed by atoms with E-state index in [4.69, 9.17) is 11.6 Å². The van der Waals surface area contributed by atoms with E-state index >= 15 is 0 Å². The molecule has 0 amide bonds. The summed E-state index contributed by atoms with van der Waals surface area (Å²) >= 11 is 5.60. The molecule has 0 bridgehead atoms. The molecule has 0 radical (unpaired) electrons. The number of ketones is 1. The summed E-state index contributed by atoms with van der Waals surface area (Å²) in [7, 11) is 0. The zero-order chi connectivity index (χ0) is 13.0. The van der Waals surface area contributed by atoms with Gasteiger partial charge >= 0.3 is 0 Å². The number of nitrogens with zero attached hydrogens (tertiary/aromatic N) is 2. The fourth-order valence-corrected chi connectivity index (χ4v) is 2.28. The Labute approximate surface area is 112 Å². The molecule has 96 valence electrons. The molecular weight excluding hydrogens is 248 g/mol. The van der Waals surface area contributed by atoms with Crippen LogP contribution in [0.25, 0.3) is 11.0 Å². The van der Waals surface area contributed by atoms with E-state index in [1.165, 1.54) is 0 Å². The van der Waals surface area contributed by atoms with Gasteiger partial charge in [-0.15, -0.1) is 11.6 Å². The van der Waals surface area contributed by atoms with Gasteiger partial charge in [0.05, 0.1) is 17.5 Å². The minimum absolute atomic E-state index is 0.209. The van der Waals surface area contributed by atoms with E-state index in [0.29, 0.717) is 18.7 Å². The number of aryl methyl sites for hydroxylation is 1. The van der Waals surface area contributed by atoms with Gasteiger partial charge in [-0.1, -0.05) is 12.1 Å².